The molecule has 0 aliphatic carbocycles. The zero-order chi connectivity index (χ0) is 17.6. The number of aryl methyl sites for hydroxylation is 2. The Balaban J connectivity index is 1.51. The molecule has 1 aliphatic rings. The summed E-state index contributed by atoms with van der Waals surface area (Å²) >= 11 is 0. The summed E-state index contributed by atoms with van der Waals surface area (Å²) in [4.78, 5) is 17.4. The Bertz CT molecular complexity index is 674. The maximum Gasteiger partial charge on any atom is 0.128 e. The van der Waals surface area contributed by atoms with Gasteiger partial charge in [-0.1, -0.05) is 0 Å². The Morgan fingerprint density at radius 3 is 2.76 bits per heavy atom. The van der Waals surface area contributed by atoms with E-state index in [4.69, 9.17) is 4.74 Å². The molecule has 0 radical (unpaired) electrons. The van der Waals surface area contributed by atoms with Crippen molar-refractivity contribution in [2.75, 3.05) is 38.7 Å². The van der Waals surface area contributed by atoms with Crippen LogP contribution < -0.4 is 4.90 Å². The minimum Gasteiger partial charge on any atom is -0.376 e. The summed E-state index contributed by atoms with van der Waals surface area (Å²) in [6.07, 6.45) is 8.04. The van der Waals surface area contributed by atoms with Crippen LogP contribution in [-0.2, 0) is 17.7 Å². The number of nitrogens with zero attached hydrogens (tertiary/aromatic N) is 5. The predicted octanol–water partition coefficient (Wildman–Crippen LogP) is 2.08. The molecule has 1 unspecified atom stereocenters. The van der Waals surface area contributed by atoms with Crippen molar-refractivity contribution in [3.63, 3.8) is 0 Å². The third-order valence-corrected chi connectivity index (χ3v) is 4.49. The van der Waals surface area contributed by atoms with Gasteiger partial charge in [-0.2, -0.15) is 0 Å². The van der Waals surface area contributed by atoms with Gasteiger partial charge in [0.1, 0.15) is 11.6 Å². The number of rotatable bonds is 6. The maximum atomic E-state index is 5.97. The molecule has 3 heterocycles. The first-order valence-electron chi connectivity index (χ1n) is 8.84. The van der Waals surface area contributed by atoms with Gasteiger partial charge >= 0.3 is 0 Å². The van der Waals surface area contributed by atoms with Crippen LogP contribution in [0.5, 0.6) is 0 Å². The molecule has 1 atom stereocenters. The van der Waals surface area contributed by atoms with E-state index in [2.05, 4.69) is 32.0 Å². The predicted molar refractivity (Wildman–Crippen MR) is 98.7 cm³/mol. The lowest BCUT2D eigenvalue weighted by Crippen LogP contribution is -2.42. The Hall–Kier alpha value is -2.05. The fourth-order valence-electron chi connectivity index (χ4n) is 3.05. The second kappa shape index (κ2) is 8.36. The molecule has 25 heavy (non-hydrogen) atoms. The second-order valence-corrected chi connectivity index (χ2v) is 6.82. The van der Waals surface area contributed by atoms with E-state index in [1.54, 1.807) is 0 Å². The summed E-state index contributed by atoms with van der Waals surface area (Å²) in [5.41, 5.74) is 2.47. The Labute approximate surface area is 149 Å². The van der Waals surface area contributed by atoms with Gasteiger partial charge in [-0.05, 0) is 37.5 Å². The molecular formula is C19H27N5O. The smallest absolute Gasteiger partial charge is 0.128 e. The normalized spacial score (nSPS) is 18.3. The van der Waals surface area contributed by atoms with E-state index in [1.807, 2.05) is 44.5 Å². The summed E-state index contributed by atoms with van der Waals surface area (Å²) in [6.45, 7) is 5.51. The van der Waals surface area contributed by atoms with E-state index in [9.17, 15) is 0 Å². The van der Waals surface area contributed by atoms with Gasteiger partial charge in [0.15, 0.2) is 0 Å². The van der Waals surface area contributed by atoms with E-state index in [0.717, 1.165) is 56.3 Å². The first-order valence-corrected chi connectivity index (χ1v) is 8.84. The van der Waals surface area contributed by atoms with Crippen molar-refractivity contribution in [3.05, 3.63) is 47.7 Å². The number of hydrogen-bond acceptors (Lipinski definition) is 6. The molecule has 2 aromatic rings. The van der Waals surface area contributed by atoms with Crippen molar-refractivity contribution in [1.82, 2.24) is 19.9 Å². The molecule has 0 bridgehead atoms. The largest absolute Gasteiger partial charge is 0.376 e. The van der Waals surface area contributed by atoms with Crippen LogP contribution in [-0.4, -0.2) is 59.7 Å². The lowest BCUT2D eigenvalue weighted by molar-refractivity contribution is -0.0346. The molecule has 1 aliphatic heterocycles. The van der Waals surface area contributed by atoms with Crippen molar-refractivity contribution in [2.24, 2.45) is 0 Å². The minimum atomic E-state index is 0.274. The zero-order valence-electron chi connectivity index (χ0n) is 15.4. The lowest BCUT2D eigenvalue weighted by Gasteiger charge is -2.33. The van der Waals surface area contributed by atoms with Crippen LogP contribution in [0.2, 0.25) is 0 Å². The van der Waals surface area contributed by atoms with Gasteiger partial charge in [-0.15, -0.1) is 0 Å². The third kappa shape index (κ3) is 5.21. The van der Waals surface area contributed by atoms with E-state index in [0.29, 0.717) is 0 Å². The van der Waals surface area contributed by atoms with Crippen molar-refractivity contribution in [3.8, 4) is 0 Å². The van der Waals surface area contributed by atoms with Crippen LogP contribution >= 0.6 is 0 Å². The van der Waals surface area contributed by atoms with Crippen LogP contribution in [0.4, 0.5) is 5.82 Å². The average Bonchev–Trinajstić information content (AvgIpc) is 2.62. The average molecular weight is 341 g/mol. The van der Waals surface area contributed by atoms with Gasteiger partial charge in [0.2, 0.25) is 0 Å². The van der Waals surface area contributed by atoms with Gasteiger partial charge in [-0.25, -0.2) is 15.0 Å². The Kier molecular flexibility index (Phi) is 5.94. The molecule has 6 nitrogen and oxygen atoms in total. The summed E-state index contributed by atoms with van der Waals surface area (Å²) < 4.78 is 5.97. The summed E-state index contributed by atoms with van der Waals surface area (Å²) in [7, 11) is 4.03. The molecule has 0 saturated carbocycles. The lowest BCUT2D eigenvalue weighted by atomic mass is 10.1. The molecule has 0 N–H and O–H groups in total. The van der Waals surface area contributed by atoms with Crippen molar-refractivity contribution in [2.45, 2.75) is 32.4 Å². The molecular weight excluding hydrogens is 314 g/mol. The topological polar surface area (TPSA) is 54.4 Å². The molecule has 3 rings (SSSR count). The van der Waals surface area contributed by atoms with Gasteiger partial charge in [-0.3, -0.25) is 4.90 Å². The Morgan fingerprint density at radius 1 is 1.20 bits per heavy atom. The fourth-order valence-corrected chi connectivity index (χ4v) is 3.05. The van der Waals surface area contributed by atoms with E-state index in [-0.39, 0.29) is 6.10 Å². The highest BCUT2D eigenvalue weighted by Gasteiger charge is 2.20. The van der Waals surface area contributed by atoms with Crippen LogP contribution in [0.3, 0.4) is 0 Å². The fraction of sp³-hybridized carbons (Fsp3) is 0.526. The molecule has 0 amide bonds. The van der Waals surface area contributed by atoms with E-state index >= 15 is 0 Å². The first-order chi connectivity index (χ1) is 12.1. The highest BCUT2D eigenvalue weighted by atomic mass is 16.5. The van der Waals surface area contributed by atoms with Crippen LogP contribution in [0, 0.1) is 6.92 Å². The highest BCUT2D eigenvalue weighted by molar-refractivity contribution is 5.39. The van der Waals surface area contributed by atoms with Gasteiger partial charge in [0.25, 0.3) is 0 Å². The SMILES string of the molecule is Cc1ncc(CN2CCOC(CCc3ccnc(N(C)C)c3)C2)cn1. The number of aromatic nitrogens is 3. The van der Waals surface area contributed by atoms with Gasteiger partial charge in [0, 0.05) is 57.9 Å². The quantitative estimate of drug-likeness (QED) is 0.802. The van der Waals surface area contributed by atoms with Crippen LogP contribution in [0.25, 0.3) is 0 Å². The van der Waals surface area contributed by atoms with Crippen molar-refractivity contribution >= 4 is 5.82 Å². The van der Waals surface area contributed by atoms with Gasteiger partial charge < -0.3 is 9.64 Å². The number of hydrogen-bond donors (Lipinski definition) is 0. The number of pyridine rings is 1. The van der Waals surface area contributed by atoms with Crippen molar-refractivity contribution < 1.29 is 4.74 Å². The maximum absolute atomic E-state index is 5.97. The molecule has 134 valence electrons. The number of anilines is 1. The summed E-state index contributed by atoms with van der Waals surface area (Å²) in [6, 6.07) is 4.25. The van der Waals surface area contributed by atoms with E-state index in [1.165, 1.54) is 5.56 Å². The molecule has 1 fully saturated rings. The molecule has 2 aromatic heterocycles. The molecule has 1 saturated heterocycles. The molecule has 0 spiro atoms. The summed E-state index contributed by atoms with van der Waals surface area (Å²) in [5.74, 6) is 1.82. The van der Waals surface area contributed by atoms with Crippen LogP contribution in [0.15, 0.2) is 30.7 Å². The number of ether oxygens (including phenoxy) is 1. The molecule has 0 aromatic carbocycles. The highest BCUT2D eigenvalue weighted by Crippen LogP contribution is 2.16. The standard InChI is InChI=1S/C19H27N5O/c1-15-21-11-17(12-22-15)13-24-8-9-25-18(14-24)5-4-16-6-7-20-19(10-16)23(2)3/h6-7,10-12,18H,4-5,8-9,13-14H2,1-3H3. The van der Waals surface area contributed by atoms with E-state index < -0.39 is 0 Å². The monoisotopic (exact) mass is 341 g/mol. The first kappa shape index (κ1) is 17.8. The zero-order valence-corrected chi connectivity index (χ0v) is 15.4. The van der Waals surface area contributed by atoms with Crippen molar-refractivity contribution in [1.29, 1.82) is 0 Å². The third-order valence-electron chi connectivity index (χ3n) is 4.49. The minimum absolute atomic E-state index is 0.274. The van der Waals surface area contributed by atoms with Crippen LogP contribution in [0.1, 0.15) is 23.4 Å². The second-order valence-electron chi connectivity index (χ2n) is 6.82. The Morgan fingerprint density at radius 2 is 2.00 bits per heavy atom. The summed E-state index contributed by atoms with van der Waals surface area (Å²) in [5, 5.41) is 0. The van der Waals surface area contributed by atoms with Gasteiger partial charge in [0.05, 0.1) is 12.7 Å². The number of morpholine rings is 1. The molecule has 6 heteroatoms.